The molecular formula is C19H17FN2O3. The summed E-state index contributed by atoms with van der Waals surface area (Å²) in [6, 6.07) is 12.9. The summed E-state index contributed by atoms with van der Waals surface area (Å²) in [5.41, 5.74) is 1.28. The van der Waals surface area contributed by atoms with Gasteiger partial charge in [0, 0.05) is 17.7 Å². The largest absolute Gasteiger partial charge is 0.497 e. The van der Waals surface area contributed by atoms with Gasteiger partial charge >= 0.3 is 0 Å². The van der Waals surface area contributed by atoms with Crippen molar-refractivity contribution in [1.82, 2.24) is 4.98 Å². The number of methoxy groups -OCH3 is 1. The zero-order valence-electron chi connectivity index (χ0n) is 13.6. The van der Waals surface area contributed by atoms with Crippen molar-refractivity contribution in [3.8, 4) is 5.75 Å². The summed E-state index contributed by atoms with van der Waals surface area (Å²) in [5, 5.41) is 3.50. The Morgan fingerprint density at radius 1 is 1.16 bits per heavy atom. The van der Waals surface area contributed by atoms with Crippen LogP contribution in [0.3, 0.4) is 0 Å². The molecule has 6 heteroatoms. The Kier molecular flexibility index (Phi) is 4.79. The Morgan fingerprint density at radius 2 is 1.92 bits per heavy atom. The van der Waals surface area contributed by atoms with Gasteiger partial charge in [-0.3, -0.25) is 9.59 Å². The lowest BCUT2D eigenvalue weighted by molar-refractivity contribution is -0.116. The fraction of sp³-hybridized carbons (Fsp3) is 0.158. The van der Waals surface area contributed by atoms with Crippen LogP contribution in [-0.2, 0) is 11.2 Å². The predicted octanol–water partition coefficient (Wildman–Crippen LogP) is 3.25. The molecule has 128 valence electrons. The van der Waals surface area contributed by atoms with Crippen molar-refractivity contribution in [3.63, 3.8) is 0 Å². The summed E-state index contributed by atoms with van der Waals surface area (Å²) in [7, 11) is 1.57. The van der Waals surface area contributed by atoms with Gasteiger partial charge in [0.15, 0.2) is 0 Å². The summed E-state index contributed by atoms with van der Waals surface area (Å²) in [4.78, 5) is 26.8. The first-order valence-corrected chi connectivity index (χ1v) is 7.80. The number of rotatable bonds is 5. The van der Waals surface area contributed by atoms with E-state index in [0.717, 1.165) is 5.39 Å². The lowest BCUT2D eigenvalue weighted by Gasteiger charge is -2.07. The maximum absolute atomic E-state index is 13.2. The Morgan fingerprint density at radius 3 is 2.64 bits per heavy atom. The van der Waals surface area contributed by atoms with Crippen LogP contribution >= 0.6 is 0 Å². The molecule has 1 heterocycles. The van der Waals surface area contributed by atoms with Gasteiger partial charge < -0.3 is 15.0 Å². The number of hydrogen-bond donors (Lipinski definition) is 2. The van der Waals surface area contributed by atoms with Crippen molar-refractivity contribution in [3.05, 3.63) is 70.3 Å². The minimum Gasteiger partial charge on any atom is -0.497 e. The molecule has 3 aromatic rings. The van der Waals surface area contributed by atoms with E-state index >= 15 is 0 Å². The molecule has 0 aliphatic carbocycles. The van der Waals surface area contributed by atoms with Crippen molar-refractivity contribution < 1.29 is 13.9 Å². The van der Waals surface area contributed by atoms with Crippen LogP contribution in [-0.4, -0.2) is 18.0 Å². The second kappa shape index (κ2) is 7.17. The molecule has 0 aliphatic rings. The number of ether oxygens (including phenoxy) is 1. The summed E-state index contributed by atoms with van der Waals surface area (Å²) < 4.78 is 18.3. The van der Waals surface area contributed by atoms with E-state index in [2.05, 4.69) is 10.3 Å². The van der Waals surface area contributed by atoms with Gasteiger partial charge in [-0.05, 0) is 60.3 Å². The van der Waals surface area contributed by atoms with Crippen molar-refractivity contribution in [1.29, 1.82) is 0 Å². The van der Waals surface area contributed by atoms with Crippen molar-refractivity contribution in [2.75, 3.05) is 12.4 Å². The Hall–Kier alpha value is -3.15. The molecule has 0 unspecified atom stereocenters. The van der Waals surface area contributed by atoms with Crippen LogP contribution < -0.4 is 15.6 Å². The normalized spacial score (nSPS) is 10.6. The number of carbonyl (C=O) groups is 1. The van der Waals surface area contributed by atoms with Crippen molar-refractivity contribution >= 4 is 22.5 Å². The van der Waals surface area contributed by atoms with Crippen LogP contribution in [0.15, 0.2) is 53.3 Å². The zero-order chi connectivity index (χ0) is 17.8. The molecule has 0 saturated carbocycles. The predicted molar refractivity (Wildman–Crippen MR) is 94.5 cm³/mol. The first kappa shape index (κ1) is 16.7. The summed E-state index contributed by atoms with van der Waals surface area (Å²) in [5.74, 6) is 0.107. The lowest BCUT2D eigenvalue weighted by atomic mass is 10.1. The van der Waals surface area contributed by atoms with Gasteiger partial charge in [-0.25, -0.2) is 4.39 Å². The average Bonchev–Trinajstić information content (AvgIpc) is 2.60. The Balaban J connectivity index is 1.67. The average molecular weight is 340 g/mol. The van der Waals surface area contributed by atoms with E-state index in [9.17, 15) is 14.0 Å². The number of aromatic amines is 1. The number of H-pyrrole nitrogens is 1. The van der Waals surface area contributed by atoms with Crippen molar-refractivity contribution in [2.45, 2.75) is 12.8 Å². The van der Waals surface area contributed by atoms with Gasteiger partial charge in [-0.1, -0.05) is 0 Å². The summed E-state index contributed by atoms with van der Waals surface area (Å²) in [6.07, 6.45) is 0.465. The number of fused-ring (bicyclic) bond motifs is 1. The number of aryl methyl sites for hydroxylation is 1. The molecule has 0 radical (unpaired) electrons. The Bertz CT molecular complexity index is 965. The highest BCUT2D eigenvalue weighted by Crippen LogP contribution is 2.16. The fourth-order valence-electron chi connectivity index (χ4n) is 2.55. The third-order valence-electron chi connectivity index (χ3n) is 3.88. The maximum atomic E-state index is 13.2. The molecule has 2 N–H and O–H groups in total. The van der Waals surface area contributed by atoms with Gasteiger partial charge in [0.1, 0.15) is 11.6 Å². The van der Waals surface area contributed by atoms with Gasteiger partial charge in [0.05, 0.1) is 12.6 Å². The number of amides is 1. The second-order valence-electron chi connectivity index (χ2n) is 5.63. The highest BCUT2D eigenvalue weighted by atomic mass is 19.1. The second-order valence-corrected chi connectivity index (χ2v) is 5.63. The molecule has 1 aromatic heterocycles. The Labute approximate surface area is 143 Å². The number of aromatic nitrogens is 1. The zero-order valence-corrected chi connectivity index (χ0v) is 13.6. The number of benzene rings is 2. The summed E-state index contributed by atoms with van der Waals surface area (Å²) in [6.45, 7) is 0. The van der Waals surface area contributed by atoms with Gasteiger partial charge in [0.2, 0.25) is 5.91 Å². The lowest BCUT2D eigenvalue weighted by Crippen LogP contribution is -2.17. The first-order valence-electron chi connectivity index (χ1n) is 7.80. The standard InChI is InChI=1S/C19H17FN2O3/c1-25-16-7-5-15(6-8-16)21-18(23)9-3-13-10-12-2-4-14(20)11-17(12)22-19(13)24/h2,4-8,10-11H,3,9H2,1H3,(H,21,23)(H,22,24). The molecule has 25 heavy (non-hydrogen) atoms. The SMILES string of the molecule is COc1ccc(NC(=O)CCc2cc3ccc(F)cc3[nH]c2=O)cc1. The third-order valence-corrected chi connectivity index (χ3v) is 3.88. The molecule has 0 saturated heterocycles. The van der Waals surface area contributed by atoms with E-state index in [1.165, 1.54) is 12.1 Å². The van der Waals surface area contributed by atoms with E-state index < -0.39 is 5.82 Å². The van der Waals surface area contributed by atoms with Crippen LogP contribution in [0.1, 0.15) is 12.0 Å². The molecule has 5 nitrogen and oxygen atoms in total. The molecule has 3 rings (SSSR count). The summed E-state index contributed by atoms with van der Waals surface area (Å²) >= 11 is 0. The minimum absolute atomic E-state index is 0.168. The molecule has 2 aromatic carbocycles. The quantitative estimate of drug-likeness (QED) is 0.749. The van der Waals surface area contributed by atoms with Gasteiger partial charge in [-0.15, -0.1) is 0 Å². The minimum atomic E-state index is -0.408. The van der Waals surface area contributed by atoms with Crippen molar-refractivity contribution in [2.24, 2.45) is 0 Å². The highest BCUT2D eigenvalue weighted by Gasteiger charge is 2.08. The van der Waals surface area contributed by atoms with E-state index in [-0.39, 0.29) is 17.9 Å². The first-order chi connectivity index (χ1) is 12.0. The van der Waals surface area contributed by atoms with E-state index in [1.54, 1.807) is 43.5 Å². The van der Waals surface area contributed by atoms with E-state index in [1.807, 2.05) is 0 Å². The number of hydrogen-bond acceptors (Lipinski definition) is 3. The highest BCUT2D eigenvalue weighted by molar-refractivity contribution is 5.91. The number of anilines is 1. The van der Waals surface area contributed by atoms with E-state index in [4.69, 9.17) is 4.74 Å². The molecule has 1 amide bonds. The van der Waals surface area contributed by atoms with Crippen LogP contribution in [0.25, 0.3) is 10.9 Å². The van der Waals surface area contributed by atoms with Crippen LogP contribution in [0.5, 0.6) is 5.75 Å². The molecule has 0 bridgehead atoms. The topological polar surface area (TPSA) is 71.2 Å². The number of pyridine rings is 1. The van der Waals surface area contributed by atoms with Crippen LogP contribution in [0.2, 0.25) is 0 Å². The molecule has 0 atom stereocenters. The molecule has 0 spiro atoms. The number of halogens is 1. The van der Waals surface area contributed by atoms with E-state index in [0.29, 0.717) is 28.9 Å². The smallest absolute Gasteiger partial charge is 0.251 e. The maximum Gasteiger partial charge on any atom is 0.251 e. The molecule has 0 aliphatic heterocycles. The van der Waals surface area contributed by atoms with Crippen LogP contribution in [0.4, 0.5) is 10.1 Å². The third kappa shape index (κ3) is 4.03. The molecular weight excluding hydrogens is 323 g/mol. The molecule has 0 fully saturated rings. The van der Waals surface area contributed by atoms with Gasteiger partial charge in [0.25, 0.3) is 5.56 Å². The number of nitrogens with one attached hydrogen (secondary N) is 2. The van der Waals surface area contributed by atoms with Crippen LogP contribution in [0, 0.1) is 5.82 Å². The van der Waals surface area contributed by atoms with Gasteiger partial charge in [-0.2, -0.15) is 0 Å². The number of carbonyl (C=O) groups excluding carboxylic acids is 1. The monoisotopic (exact) mass is 340 g/mol. The fourth-order valence-corrected chi connectivity index (χ4v) is 2.55.